The van der Waals surface area contributed by atoms with E-state index < -0.39 is 5.97 Å². The third-order valence-electron chi connectivity index (χ3n) is 5.56. The van der Waals surface area contributed by atoms with Crippen LogP contribution in [0.2, 0.25) is 0 Å². The van der Waals surface area contributed by atoms with E-state index in [0.29, 0.717) is 5.92 Å². The highest BCUT2D eigenvalue weighted by atomic mass is 16.4. The Balaban J connectivity index is 1.69. The molecule has 0 atom stereocenters. The second kappa shape index (κ2) is 4.06. The number of aromatic carboxylic acids is 1. The van der Waals surface area contributed by atoms with E-state index >= 15 is 0 Å². The highest BCUT2D eigenvalue weighted by Crippen LogP contribution is 2.59. The number of carbonyl (C=O) groups is 1. The summed E-state index contributed by atoms with van der Waals surface area (Å²) in [6.07, 6.45) is 6.82. The summed E-state index contributed by atoms with van der Waals surface area (Å²) in [6.45, 7) is 0. The topological polar surface area (TPSA) is 50.2 Å². The van der Waals surface area contributed by atoms with Gasteiger partial charge in [0.1, 0.15) is 5.69 Å². The first kappa shape index (κ1) is 11.4. The van der Waals surface area contributed by atoms with E-state index in [0.717, 1.165) is 29.4 Å². The zero-order valence-electron chi connectivity index (χ0n) is 11.0. The van der Waals surface area contributed by atoms with Crippen LogP contribution in [0.1, 0.15) is 54.2 Å². The molecule has 1 heterocycles. The Morgan fingerprint density at radius 2 is 1.68 bits per heavy atom. The lowest BCUT2D eigenvalue weighted by Gasteiger charge is -2.54. The maximum Gasteiger partial charge on any atom is 0.354 e. The molecule has 100 valence electrons. The molecule has 4 bridgehead atoms. The first-order valence-corrected chi connectivity index (χ1v) is 7.41. The van der Waals surface area contributed by atoms with Crippen molar-refractivity contribution in [3.8, 4) is 0 Å². The van der Waals surface area contributed by atoms with Crippen LogP contribution in [0.15, 0.2) is 18.2 Å². The van der Waals surface area contributed by atoms with Crippen molar-refractivity contribution >= 4 is 5.97 Å². The van der Waals surface area contributed by atoms with Crippen LogP contribution in [0.5, 0.6) is 0 Å². The van der Waals surface area contributed by atoms with Gasteiger partial charge in [0, 0.05) is 11.6 Å². The monoisotopic (exact) mass is 257 g/mol. The van der Waals surface area contributed by atoms with Crippen molar-refractivity contribution in [3.63, 3.8) is 0 Å². The molecule has 5 rings (SSSR count). The second-order valence-electron chi connectivity index (χ2n) is 6.71. The van der Waals surface area contributed by atoms with Crippen LogP contribution in [0, 0.1) is 23.7 Å². The number of hydrogen-bond acceptors (Lipinski definition) is 2. The van der Waals surface area contributed by atoms with E-state index in [-0.39, 0.29) is 5.69 Å². The summed E-state index contributed by atoms with van der Waals surface area (Å²) in [5, 5.41) is 9.10. The fourth-order valence-corrected chi connectivity index (χ4v) is 5.16. The third-order valence-corrected chi connectivity index (χ3v) is 5.56. The maximum atomic E-state index is 11.1. The molecule has 4 fully saturated rings. The van der Waals surface area contributed by atoms with Crippen LogP contribution in [0.25, 0.3) is 0 Å². The fraction of sp³-hybridized carbons (Fsp3) is 0.625. The van der Waals surface area contributed by atoms with Crippen LogP contribution in [-0.2, 0) is 0 Å². The minimum Gasteiger partial charge on any atom is -0.477 e. The summed E-state index contributed by atoms with van der Waals surface area (Å²) in [6, 6.07) is 5.50. The molecule has 0 aliphatic heterocycles. The standard InChI is InChI=1S/C16H19NO2/c18-16(19)14-3-1-2-13(17-14)15-11-5-9-4-10(7-11)8-12(15)6-9/h1-3,9-12,15H,4-8H2,(H,18,19). The van der Waals surface area contributed by atoms with Gasteiger partial charge in [0.05, 0.1) is 0 Å². The van der Waals surface area contributed by atoms with Crippen LogP contribution >= 0.6 is 0 Å². The summed E-state index contributed by atoms with van der Waals surface area (Å²) in [7, 11) is 0. The van der Waals surface area contributed by atoms with E-state index in [9.17, 15) is 4.79 Å². The normalized spacial score (nSPS) is 39.5. The van der Waals surface area contributed by atoms with Gasteiger partial charge in [0.25, 0.3) is 0 Å². The van der Waals surface area contributed by atoms with E-state index in [2.05, 4.69) is 4.98 Å². The molecule has 1 aromatic heterocycles. The van der Waals surface area contributed by atoms with Crippen LogP contribution in [0.3, 0.4) is 0 Å². The molecule has 0 unspecified atom stereocenters. The Morgan fingerprint density at radius 1 is 1.05 bits per heavy atom. The minimum atomic E-state index is -0.911. The molecule has 0 saturated heterocycles. The average molecular weight is 257 g/mol. The lowest BCUT2D eigenvalue weighted by atomic mass is 9.51. The van der Waals surface area contributed by atoms with E-state index in [1.165, 1.54) is 32.1 Å². The van der Waals surface area contributed by atoms with Gasteiger partial charge in [0.15, 0.2) is 0 Å². The van der Waals surface area contributed by atoms with Crippen molar-refractivity contribution in [2.45, 2.75) is 38.0 Å². The Hall–Kier alpha value is -1.38. The number of aromatic nitrogens is 1. The number of carboxylic acids is 1. The summed E-state index contributed by atoms with van der Waals surface area (Å²) >= 11 is 0. The zero-order valence-corrected chi connectivity index (χ0v) is 11.0. The Morgan fingerprint density at radius 3 is 2.26 bits per heavy atom. The molecular formula is C16H19NO2. The van der Waals surface area contributed by atoms with E-state index in [1.54, 1.807) is 6.07 Å². The lowest BCUT2D eigenvalue weighted by Crippen LogP contribution is -2.44. The van der Waals surface area contributed by atoms with Gasteiger partial charge in [-0.2, -0.15) is 0 Å². The smallest absolute Gasteiger partial charge is 0.354 e. The maximum absolute atomic E-state index is 11.1. The van der Waals surface area contributed by atoms with Crippen molar-refractivity contribution in [2.24, 2.45) is 23.7 Å². The lowest BCUT2D eigenvalue weighted by molar-refractivity contribution is -0.00424. The zero-order chi connectivity index (χ0) is 13.0. The molecular weight excluding hydrogens is 238 g/mol. The Kier molecular flexibility index (Phi) is 2.44. The molecule has 3 nitrogen and oxygen atoms in total. The quantitative estimate of drug-likeness (QED) is 0.884. The number of nitrogens with zero attached hydrogens (tertiary/aromatic N) is 1. The van der Waals surface area contributed by atoms with Gasteiger partial charge in [-0.15, -0.1) is 0 Å². The van der Waals surface area contributed by atoms with Crippen molar-refractivity contribution in [1.29, 1.82) is 0 Å². The Bertz CT molecular complexity index is 497. The van der Waals surface area contributed by atoms with Gasteiger partial charge in [-0.3, -0.25) is 0 Å². The molecule has 4 aliphatic rings. The van der Waals surface area contributed by atoms with Gasteiger partial charge < -0.3 is 5.11 Å². The molecule has 0 aromatic carbocycles. The molecule has 0 spiro atoms. The number of carboxylic acid groups (broad SMARTS) is 1. The van der Waals surface area contributed by atoms with Gasteiger partial charge in [-0.25, -0.2) is 9.78 Å². The molecule has 4 aliphatic carbocycles. The highest BCUT2D eigenvalue weighted by molar-refractivity contribution is 5.85. The van der Waals surface area contributed by atoms with Crippen LogP contribution in [0.4, 0.5) is 0 Å². The number of rotatable bonds is 2. The van der Waals surface area contributed by atoms with Gasteiger partial charge >= 0.3 is 5.97 Å². The molecule has 1 N–H and O–H groups in total. The first-order chi connectivity index (χ1) is 9.20. The number of hydrogen-bond donors (Lipinski definition) is 1. The predicted octanol–water partition coefficient (Wildman–Crippen LogP) is 3.32. The van der Waals surface area contributed by atoms with Crippen molar-refractivity contribution in [3.05, 3.63) is 29.6 Å². The molecule has 3 heteroatoms. The summed E-state index contributed by atoms with van der Waals surface area (Å²) in [4.78, 5) is 15.5. The van der Waals surface area contributed by atoms with Crippen LogP contribution in [-0.4, -0.2) is 16.1 Å². The molecule has 1 aromatic rings. The summed E-state index contributed by atoms with van der Waals surface area (Å²) in [5.41, 5.74) is 1.24. The summed E-state index contributed by atoms with van der Waals surface area (Å²) < 4.78 is 0. The fourth-order valence-electron chi connectivity index (χ4n) is 5.16. The first-order valence-electron chi connectivity index (χ1n) is 7.41. The average Bonchev–Trinajstić information content (AvgIpc) is 2.37. The molecule has 19 heavy (non-hydrogen) atoms. The van der Waals surface area contributed by atoms with E-state index in [1.807, 2.05) is 12.1 Å². The van der Waals surface area contributed by atoms with Crippen molar-refractivity contribution < 1.29 is 9.90 Å². The molecule has 0 amide bonds. The predicted molar refractivity (Wildman–Crippen MR) is 71.0 cm³/mol. The largest absolute Gasteiger partial charge is 0.477 e. The van der Waals surface area contributed by atoms with Gasteiger partial charge in [-0.1, -0.05) is 6.07 Å². The second-order valence-corrected chi connectivity index (χ2v) is 6.71. The highest BCUT2D eigenvalue weighted by Gasteiger charge is 2.49. The van der Waals surface area contributed by atoms with Crippen LogP contribution < -0.4 is 0 Å². The van der Waals surface area contributed by atoms with Crippen molar-refractivity contribution in [1.82, 2.24) is 4.98 Å². The molecule has 4 saturated carbocycles. The van der Waals surface area contributed by atoms with Gasteiger partial charge in [0.2, 0.25) is 0 Å². The number of pyridine rings is 1. The molecule has 0 radical (unpaired) electrons. The minimum absolute atomic E-state index is 0.200. The Labute approximate surface area is 113 Å². The van der Waals surface area contributed by atoms with E-state index in [4.69, 9.17) is 5.11 Å². The third kappa shape index (κ3) is 1.78. The van der Waals surface area contributed by atoms with Gasteiger partial charge in [-0.05, 0) is 67.9 Å². The summed E-state index contributed by atoms with van der Waals surface area (Å²) in [5.74, 6) is 3.01. The SMILES string of the molecule is O=C(O)c1cccc(C2C3CC4CC(C3)CC2C4)n1. The van der Waals surface area contributed by atoms with Crippen molar-refractivity contribution in [2.75, 3.05) is 0 Å².